The molecule has 2 heteroatoms. The Balaban J connectivity index is 1.98. The highest BCUT2D eigenvalue weighted by atomic mass is 19.1. The van der Waals surface area contributed by atoms with Crippen LogP contribution in [0.3, 0.4) is 0 Å². The van der Waals surface area contributed by atoms with Crippen LogP contribution >= 0.6 is 0 Å². The van der Waals surface area contributed by atoms with Crippen LogP contribution in [0.4, 0.5) is 4.39 Å². The molecule has 13 heavy (non-hydrogen) atoms. The molecule has 0 amide bonds. The number of hydrogen-bond donors (Lipinski definition) is 1. The van der Waals surface area contributed by atoms with E-state index in [9.17, 15) is 4.39 Å². The molecule has 1 N–H and O–H groups in total. The molecule has 0 unspecified atom stereocenters. The number of halogens is 1. The number of aryl methyl sites for hydroxylation is 1. The molecule has 2 rings (SSSR count). The Morgan fingerprint density at radius 2 is 2.08 bits per heavy atom. The third-order valence-electron chi connectivity index (χ3n) is 2.59. The van der Waals surface area contributed by atoms with Crippen LogP contribution in [-0.2, 0) is 6.42 Å². The monoisotopic (exact) mass is 179 g/mol. The maximum atomic E-state index is 12.9. The molecule has 0 spiro atoms. The van der Waals surface area contributed by atoms with Gasteiger partial charge in [0.1, 0.15) is 6.17 Å². The van der Waals surface area contributed by atoms with Crippen molar-refractivity contribution in [2.75, 3.05) is 6.54 Å². The van der Waals surface area contributed by atoms with Gasteiger partial charge in [0.2, 0.25) is 0 Å². The van der Waals surface area contributed by atoms with Crippen LogP contribution in [0, 0.1) is 6.92 Å². The average molecular weight is 179 g/mol. The molecule has 1 aliphatic heterocycles. The number of alkyl halides is 1. The lowest BCUT2D eigenvalue weighted by atomic mass is 9.96. The first-order valence-corrected chi connectivity index (χ1v) is 4.69. The van der Waals surface area contributed by atoms with Crippen molar-refractivity contribution >= 4 is 0 Å². The molecule has 1 nitrogen and oxygen atoms in total. The van der Waals surface area contributed by atoms with Crippen molar-refractivity contribution in [2.45, 2.75) is 25.6 Å². The fourth-order valence-corrected chi connectivity index (χ4v) is 1.55. The molecular formula is C11H14FN. The van der Waals surface area contributed by atoms with Crippen molar-refractivity contribution < 1.29 is 4.39 Å². The van der Waals surface area contributed by atoms with Crippen LogP contribution in [0.2, 0.25) is 0 Å². The van der Waals surface area contributed by atoms with Crippen LogP contribution in [0.15, 0.2) is 24.3 Å². The number of nitrogens with one attached hydrogen (secondary N) is 1. The largest absolute Gasteiger partial charge is 0.308 e. The van der Waals surface area contributed by atoms with E-state index in [1.165, 1.54) is 11.1 Å². The van der Waals surface area contributed by atoms with Gasteiger partial charge in [-0.25, -0.2) is 4.39 Å². The second-order valence-electron chi connectivity index (χ2n) is 3.72. The molecule has 1 fully saturated rings. The Bertz CT molecular complexity index is 281. The van der Waals surface area contributed by atoms with Crippen LogP contribution in [0.5, 0.6) is 0 Å². The van der Waals surface area contributed by atoms with E-state index in [0.717, 1.165) is 6.42 Å². The Kier molecular flexibility index (Phi) is 2.32. The van der Waals surface area contributed by atoms with Gasteiger partial charge in [0, 0.05) is 12.6 Å². The maximum absolute atomic E-state index is 12.9. The fourth-order valence-electron chi connectivity index (χ4n) is 1.55. The second-order valence-corrected chi connectivity index (χ2v) is 3.72. The normalized spacial score (nSPS) is 26.9. The van der Waals surface area contributed by atoms with Crippen molar-refractivity contribution in [2.24, 2.45) is 0 Å². The number of hydrogen-bond acceptors (Lipinski definition) is 1. The van der Waals surface area contributed by atoms with Gasteiger partial charge in [-0.2, -0.15) is 0 Å². The predicted octanol–water partition coefficient (Wildman–Crippen LogP) is 1.85. The van der Waals surface area contributed by atoms with Gasteiger partial charge < -0.3 is 5.32 Å². The summed E-state index contributed by atoms with van der Waals surface area (Å²) in [7, 11) is 0. The highest BCUT2D eigenvalue weighted by Crippen LogP contribution is 2.14. The number of rotatable bonds is 2. The summed E-state index contributed by atoms with van der Waals surface area (Å²) >= 11 is 0. The van der Waals surface area contributed by atoms with Crippen LogP contribution in [-0.4, -0.2) is 18.8 Å². The molecule has 2 atom stereocenters. The topological polar surface area (TPSA) is 12.0 Å². The SMILES string of the molecule is Cc1ccc(C[C@@H]2NC[C@H]2F)cc1. The molecule has 0 saturated carbocycles. The first-order chi connectivity index (χ1) is 6.25. The van der Waals surface area contributed by atoms with Gasteiger partial charge in [-0.3, -0.25) is 0 Å². The fraction of sp³-hybridized carbons (Fsp3) is 0.455. The van der Waals surface area contributed by atoms with Crippen molar-refractivity contribution in [3.63, 3.8) is 0 Å². The van der Waals surface area contributed by atoms with E-state index >= 15 is 0 Å². The standard InChI is InChI=1S/C11H14FN/c1-8-2-4-9(5-3-8)6-11-10(12)7-13-11/h2-5,10-11,13H,6-7H2,1H3/t10-,11+/m1/s1. The quantitative estimate of drug-likeness (QED) is 0.730. The van der Waals surface area contributed by atoms with Gasteiger partial charge in [-0.15, -0.1) is 0 Å². The van der Waals surface area contributed by atoms with Crippen LogP contribution in [0.25, 0.3) is 0 Å². The van der Waals surface area contributed by atoms with Gasteiger partial charge in [0.15, 0.2) is 0 Å². The Morgan fingerprint density at radius 1 is 1.38 bits per heavy atom. The lowest BCUT2D eigenvalue weighted by Gasteiger charge is -2.32. The van der Waals surface area contributed by atoms with Crippen molar-refractivity contribution in [1.29, 1.82) is 0 Å². The van der Waals surface area contributed by atoms with E-state index in [4.69, 9.17) is 0 Å². The zero-order valence-electron chi connectivity index (χ0n) is 7.76. The molecule has 1 heterocycles. The summed E-state index contributed by atoms with van der Waals surface area (Å²) in [5.41, 5.74) is 2.47. The lowest BCUT2D eigenvalue weighted by molar-refractivity contribution is 0.158. The van der Waals surface area contributed by atoms with Gasteiger partial charge in [0.05, 0.1) is 0 Å². The third kappa shape index (κ3) is 1.89. The minimum absolute atomic E-state index is 0.0442. The molecule has 1 aromatic rings. The predicted molar refractivity (Wildman–Crippen MR) is 51.6 cm³/mol. The minimum Gasteiger partial charge on any atom is -0.308 e. The molecule has 1 aliphatic rings. The summed E-state index contributed by atoms with van der Waals surface area (Å²) < 4.78 is 12.9. The smallest absolute Gasteiger partial charge is 0.128 e. The molecule has 0 radical (unpaired) electrons. The van der Waals surface area contributed by atoms with Gasteiger partial charge in [-0.05, 0) is 18.9 Å². The van der Waals surface area contributed by atoms with E-state index in [1.54, 1.807) is 0 Å². The molecule has 0 bridgehead atoms. The van der Waals surface area contributed by atoms with Crippen LogP contribution < -0.4 is 5.32 Å². The summed E-state index contributed by atoms with van der Waals surface area (Å²) in [5.74, 6) is 0. The van der Waals surface area contributed by atoms with Crippen molar-refractivity contribution in [1.82, 2.24) is 5.32 Å². The van der Waals surface area contributed by atoms with Gasteiger partial charge in [0.25, 0.3) is 0 Å². The zero-order valence-corrected chi connectivity index (χ0v) is 7.76. The van der Waals surface area contributed by atoms with E-state index in [2.05, 4.69) is 36.5 Å². The van der Waals surface area contributed by atoms with E-state index in [0.29, 0.717) is 6.54 Å². The third-order valence-corrected chi connectivity index (χ3v) is 2.59. The average Bonchev–Trinajstić information content (AvgIpc) is 2.15. The Labute approximate surface area is 78.0 Å². The first kappa shape index (κ1) is 8.70. The van der Waals surface area contributed by atoms with Crippen molar-refractivity contribution in [3.8, 4) is 0 Å². The Hall–Kier alpha value is -0.890. The molecule has 1 aromatic carbocycles. The minimum atomic E-state index is -0.652. The van der Waals surface area contributed by atoms with E-state index in [1.807, 2.05) is 0 Å². The maximum Gasteiger partial charge on any atom is 0.128 e. The highest BCUT2D eigenvalue weighted by molar-refractivity contribution is 5.22. The van der Waals surface area contributed by atoms with Crippen molar-refractivity contribution in [3.05, 3.63) is 35.4 Å². The highest BCUT2D eigenvalue weighted by Gasteiger charge is 2.29. The summed E-state index contributed by atoms with van der Waals surface area (Å²) in [6.45, 7) is 2.58. The molecule has 70 valence electrons. The first-order valence-electron chi connectivity index (χ1n) is 4.69. The number of benzene rings is 1. The molecule has 1 saturated heterocycles. The van der Waals surface area contributed by atoms with Crippen LogP contribution in [0.1, 0.15) is 11.1 Å². The van der Waals surface area contributed by atoms with Gasteiger partial charge in [-0.1, -0.05) is 29.8 Å². The zero-order chi connectivity index (χ0) is 9.26. The summed E-state index contributed by atoms with van der Waals surface area (Å²) in [5, 5.41) is 3.08. The Morgan fingerprint density at radius 3 is 2.54 bits per heavy atom. The summed E-state index contributed by atoms with van der Waals surface area (Å²) in [6.07, 6.45) is 0.155. The summed E-state index contributed by atoms with van der Waals surface area (Å²) in [4.78, 5) is 0. The lowest BCUT2D eigenvalue weighted by Crippen LogP contribution is -2.55. The van der Waals surface area contributed by atoms with E-state index < -0.39 is 6.17 Å². The molecule has 0 aliphatic carbocycles. The molecule has 0 aromatic heterocycles. The van der Waals surface area contributed by atoms with E-state index in [-0.39, 0.29) is 6.04 Å². The molecular weight excluding hydrogens is 165 g/mol. The summed E-state index contributed by atoms with van der Waals surface area (Å²) in [6, 6.07) is 8.33. The van der Waals surface area contributed by atoms with Gasteiger partial charge >= 0.3 is 0 Å². The second kappa shape index (κ2) is 3.46.